The average Bonchev–Trinajstić information content (AvgIpc) is 2.18. The van der Waals surface area contributed by atoms with Crippen molar-refractivity contribution in [3.8, 4) is 0 Å². The van der Waals surface area contributed by atoms with Crippen molar-refractivity contribution in [1.29, 1.82) is 0 Å². The quantitative estimate of drug-likeness (QED) is 0.594. The van der Waals surface area contributed by atoms with Gasteiger partial charge < -0.3 is 10.4 Å². The Morgan fingerprint density at radius 1 is 0.857 bits per heavy atom. The van der Waals surface area contributed by atoms with Crippen LogP contribution in [0.2, 0.25) is 0 Å². The highest BCUT2D eigenvalue weighted by atomic mass is 16.2. The number of rotatable bonds is 8. The largest absolute Gasteiger partial charge is 0.397 e. The van der Waals surface area contributed by atoms with E-state index in [1.807, 2.05) is 0 Å². The van der Waals surface area contributed by atoms with Gasteiger partial charge in [0, 0.05) is 6.61 Å². The molecular weight excluding hydrogens is 174 g/mol. The third-order valence-electron chi connectivity index (χ3n) is 1.96. The molecule has 2 N–H and O–H groups in total. The highest BCUT2D eigenvalue weighted by molar-refractivity contribution is 4.46. The summed E-state index contributed by atoms with van der Waals surface area (Å²) >= 11 is 0. The molecule has 0 amide bonds. The first kappa shape index (κ1) is 16.4. The van der Waals surface area contributed by atoms with Gasteiger partial charge in [0.2, 0.25) is 0 Å². The molecule has 0 heterocycles. The van der Waals surface area contributed by atoms with Gasteiger partial charge in [0.1, 0.15) is 0 Å². The minimum absolute atomic E-state index is 0.250. The Bertz CT molecular complexity index is 68.7. The second-order valence-electron chi connectivity index (χ2n) is 3.44. The third kappa shape index (κ3) is 22.7. The summed E-state index contributed by atoms with van der Waals surface area (Å²) in [6, 6.07) is 0. The summed E-state index contributed by atoms with van der Waals surface area (Å²) in [6.07, 6.45) is 8.40. The Morgan fingerprint density at radius 2 is 1.36 bits per heavy atom. The molecule has 0 aliphatic rings. The van der Waals surface area contributed by atoms with Gasteiger partial charge in [0.15, 0.2) is 0 Å². The van der Waals surface area contributed by atoms with Crippen LogP contribution in [0.3, 0.4) is 0 Å². The number of hydrogen-bond acceptors (Lipinski definition) is 2. The lowest BCUT2D eigenvalue weighted by Gasteiger charge is -2.00. The van der Waals surface area contributed by atoms with Gasteiger partial charge in [-0.2, -0.15) is 0 Å². The van der Waals surface area contributed by atoms with Gasteiger partial charge in [-0.1, -0.05) is 46.0 Å². The molecule has 2 nitrogen and oxygen atoms in total. The number of nitrogens with one attached hydrogen (secondary N) is 1. The van der Waals surface area contributed by atoms with E-state index in [1.54, 1.807) is 6.92 Å². The van der Waals surface area contributed by atoms with Crippen LogP contribution in [0, 0.1) is 0 Å². The molecule has 88 valence electrons. The molecular formula is C12H29NO. The van der Waals surface area contributed by atoms with E-state index >= 15 is 0 Å². The highest BCUT2D eigenvalue weighted by Crippen LogP contribution is 2.03. The van der Waals surface area contributed by atoms with Crippen molar-refractivity contribution in [3.05, 3.63) is 0 Å². The van der Waals surface area contributed by atoms with E-state index in [-0.39, 0.29) is 6.61 Å². The predicted molar refractivity (Wildman–Crippen MR) is 64.7 cm³/mol. The highest BCUT2D eigenvalue weighted by Gasteiger charge is 1.88. The van der Waals surface area contributed by atoms with Gasteiger partial charge >= 0.3 is 0 Å². The van der Waals surface area contributed by atoms with E-state index in [1.165, 1.54) is 45.1 Å². The van der Waals surface area contributed by atoms with E-state index in [0.29, 0.717) is 0 Å². The second kappa shape index (κ2) is 18.7. The normalized spacial score (nSPS) is 9.43. The molecule has 0 rings (SSSR count). The number of unbranched alkanes of at least 4 members (excludes halogenated alkanes) is 5. The maximum absolute atomic E-state index is 7.57. The van der Waals surface area contributed by atoms with E-state index in [9.17, 15) is 0 Å². The Morgan fingerprint density at radius 3 is 1.86 bits per heavy atom. The van der Waals surface area contributed by atoms with E-state index < -0.39 is 0 Å². The van der Waals surface area contributed by atoms with Crippen molar-refractivity contribution in [2.45, 2.75) is 59.3 Å². The Hall–Kier alpha value is -0.0800. The summed E-state index contributed by atoms with van der Waals surface area (Å²) in [5.74, 6) is 0. The zero-order valence-electron chi connectivity index (χ0n) is 10.3. The fourth-order valence-electron chi connectivity index (χ4n) is 1.21. The summed E-state index contributed by atoms with van der Waals surface area (Å²) in [7, 11) is 0. The van der Waals surface area contributed by atoms with E-state index in [2.05, 4.69) is 19.2 Å². The molecule has 0 aromatic rings. The predicted octanol–water partition coefficient (Wildman–Crippen LogP) is 2.96. The van der Waals surface area contributed by atoms with Crippen LogP contribution >= 0.6 is 0 Å². The van der Waals surface area contributed by atoms with E-state index in [4.69, 9.17) is 5.11 Å². The van der Waals surface area contributed by atoms with Crippen LogP contribution in [0.1, 0.15) is 59.3 Å². The summed E-state index contributed by atoms with van der Waals surface area (Å²) < 4.78 is 0. The molecule has 0 aromatic carbocycles. The number of aliphatic hydroxyl groups excluding tert-OH is 1. The van der Waals surface area contributed by atoms with Crippen LogP contribution in [-0.2, 0) is 0 Å². The van der Waals surface area contributed by atoms with Gasteiger partial charge in [-0.05, 0) is 26.4 Å². The van der Waals surface area contributed by atoms with Crippen LogP contribution in [0.25, 0.3) is 0 Å². The topological polar surface area (TPSA) is 32.3 Å². The number of aliphatic hydroxyl groups is 1. The van der Waals surface area contributed by atoms with Crippen LogP contribution in [0.15, 0.2) is 0 Å². The van der Waals surface area contributed by atoms with Crippen molar-refractivity contribution in [1.82, 2.24) is 5.32 Å². The molecule has 0 aromatic heterocycles. The van der Waals surface area contributed by atoms with Crippen molar-refractivity contribution < 1.29 is 5.11 Å². The summed E-state index contributed by atoms with van der Waals surface area (Å²) in [4.78, 5) is 0. The van der Waals surface area contributed by atoms with Gasteiger partial charge in [-0.3, -0.25) is 0 Å². The van der Waals surface area contributed by atoms with Crippen LogP contribution < -0.4 is 5.32 Å². The van der Waals surface area contributed by atoms with E-state index in [0.717, 1.165) is 6.54 Å². The molecule has 0 saturated heterocycles. The first-order valence-electron chi connectivity index (χ1n) is 6.14. The van der Waals surface area contributed by atoms with Crippen LogP contribution in [0.5, 0.6) is 0 Å². The van der Waals surface area contributed by atoms with Gasteiger partial charge in [-0.25, -0.2) is 0 Å². The first-order chi connectivity index (χ1) is 6.83. The third-order valence-corrected chi connectivity index (χ3v) is 1.96. The SMILES string of the molecule is CCCCCCCCNCC.CCO. The van der Waals surface area contributed by atoms with Crippen molar-refractivity contribution in [2.75, 3.05) is 19.7 Å². The molecule has 0 bridgehead atoms. The summed E-state index contributed by atoms with van der Waals surface area (Å²) in [6.45, 7) is 8.69. The molecule has 14 heavy (non-hydrogen) atoms. The molecule has 2 heteroatoms. The minimum atomic E-state index is 0.250. The minimum Gasteiger partial charge on any atom is -0.397 e. The molecule has 0 fully saturated rings. The molecule has 0 aliphatic heterocycles. The zero-order chi connectivity index (χ0) is 11.1. The second-order valence-corrected chi connectivity index (χ2v) is 3.44. The Balaban J connectivity index is 0. The van der Waals surface area contributed by atoms with Crippen molar-refractivity contribution >= 4 is 0 Å². The lowest BCUT2D eigenvalue weighted by atomic mass is 10.1. The van der Waals surface area contributed by atoms with Crippen molar-refractivity contribution in [2.24, 2.45) is 0 Å². The standard InChI is InChI=1S/C10H23N.C2H6O/c1-3-5-6-7-8-9-10-11-4-2;1-2-3/h11H,3-10H2,1-2H3;3H,2H2,1H3. The zero-order valence-corrected chi connectivity index (χ0v) is 10.3. The lowest BCUT2D eigenvalue weighted by molar-refractivity contribution is 0.318. The lowest BCUT2D eigenvalue weighted by Crippen LogP contribution is -2.13. The molecule has 0 spiro atoms. The summed E-state index contributed by atoms with van der Waals surface area (Å²) in [5, 5.41) is 10.9. The van der Waals surface area contributed by atoms with Crippen LogP contribution in [0.4, 0.5) is 0 Å². The molecule has 0 atom stereocenters. The van der Waals surface area contributed by atoms with Crippen LogP contribution in [-0.4, -0.2) is 24.8 Å². The summed E-state index contributed by atoms with van der Waals surface area (Å²) in [5.41, 5.74) is 0. The monoisotopic (exact) mass is 203 g/mol. The smallest absolute Gasteiger partial charge is 0.0402 e. The molecule has 0 saturated carbocycles. The van der Waals surface area contributed by atoms with Gasteiger partial charge in [0.05, 0.1) is 0 Å². The van der Waals surface area contributed by atoms with Gasteiger partial charge in [-0.15, -0.1) is 0 Å². The molecule has 0 unspecified atom stereocenters. The fraction of sp³-hybridized carbons (Fsp3) is 1.00. The maximum Gasteiger partial charge on any atom is 0.0402 e. The molecule has 0 aliphatic carbocycles. The van der Waals surface area contributed by atoms with Gasteiger partial charge in [0.25, 0.3) is 0 Å². The van der Waals surface area contributed by atoms with Crippen molar-refractivity contribution in [3.63, 3.8) is 0 Å². The number of hydrogen-bond donors (Lipinski definition) is 2. The Kier molecular flexibility index (Phi) is 21.8. The molecule has 0 radical (unpaired) electrons. The fourth-order valence-corrected chi connectivity index (χ4v) is 1.21. The maximum atomic E-state index is 7.57. The average molecular weight is 203 g/mol. The Labute approximate surface area is 90.1 Å². The first-order valence-corrected chi connectivity index (χ1v) is 6.14.